The van der Waals surface area contributed by atoms with E-state index in [0.717, 1.165) is 24.5 Å². The zero-order valence-corrected chi connectivity index (χ0v) is 11.6. The molecule has 1 unspecified atom stereocenters. The van der Waals surface area contributed by atoms with Crippen LogP contribution in [0, 0.1) is 6.92 Å². The molecule has 1 N–H and O–H groups in total. The second-order valence-electron chi connectivity index (χ2n) is 4.60. The highest BCUT2D eigenvalue weighted by Crippen LogP contribution is 2.16. The summed E-state index contributed by atoms with van der Waals surface area (Å²) in [6, 6.07) is 12.3. The van der Waals surface area contributed by atoms with Gasteiger partial charge in [0.05, 0.1) is 12.3 Å². The summed E-state index contributed by atoms with van der Waals surface area (Å²) in [5, 5.41) is 3.44. The molecule has 1 atom stereocenters. The van der Waals surface area contributed by atoms with Crippen LogP contribution in [0.3, 0.4) is 0 Å². The van der Waals surface area contributed by atoms with E-state index in [1.54, 1.807) is 6.26 Å². The van der Waals surface area contributed by atoms with Crippen molar-refractivity contribution in [2.24, 2.45) is 0 Å². The van der Waals surface area contributed by atoms with Crippen molar-refractivity contribution in [1.29, 1.82) is 0 Å². The van der Waals surface area contributed by atoms with Gasteiger partial charge in [-0.15, -0.1) is 0 Å². The first-order chi connectivity index (χ1) is 9.29. The van der Waals surface area contributed by atoms with Gasteiger partial charge in [-0.05, 0) is 43.2 Å². The molecule has 0 radical (unpaired) electrons. The van der Waals surface area contributed by atoms with Crippen LogP contribution < -0.4 is 10.1 Å². The molecule has 0 amide bonds. The van der Waals surface area contributed by atoms with Crippen LogP contribution in [0.1, 0.15) is 30.7 Å². The standard InChI is InChI=1S/C16H21NO2/c1-3-15(16-8-5-10-19-16)17-9-11-18-14-7-4-6-13(2)12-14/h4-8,10,12,15,17H,3,9,11H2,1-2H3. The summed E-state index contributed by atoms with van der Waals surface area (Å²) in [5.41, 5.74) is 1.22. The Balaban J connectivity index is 1.74. The highest BCUT2D eigenvalue weighted by Gasteiger charge is 2.10. The van der Waals surface area contributed by atoms with Crippen LogP contribution in [0.15, 0.2) is 47.1 Å². The van der Waals surface area contributed by atoms with Crippen LogP contribution >= 0.6 is 0 Å². The second-order valence-corrected chi connectivity index (χ2v) is 4.60. The molecule has 0 fully saturated rings. The maximum absolute atomic E-state index is 5.71. The number of hydrogen-bond acceptors (Lipinski definition) is 3. The van der Waals surface area contributed by atoms with Crippen LogP contribution in [0.5, 0.6) is 5.75 Å². The first-order valence-electron chi connectivity index (χ1n) is 6.76. The highest BCUT2D eigenvalue weighted by atomic mass is 16.5. The zero-order valence-electron chi connectivity index (χ0n) is 11.6. The Labute approximate surface area is 114 Å². The summed E-state index contributed by atoms with van der Waals surface area (Å²) >= 11 is 0. The Kier molecular flexibility index (Phi) is 5.04. The van der Waals surface area contributed by atoms with Gasteiger partial charge in [0.15, 0.2) is 0 Å². The number of aryl methyl sites for hydroxylation is 1. The predicted molar refractivity (Wildman–Crippen MR) is 76.4 cm³/mol. The van der Waals surface area contributed by atoms with E-state index in [2.05, 4.69) is 25.2 Å². The maximum Gasteiger partial charge on any atom is 0.120 e. The Bertz CT molecular complexity index is 479. The normalized spacial score (nSPS) is 12.3. The number of nitrogens with one attached hydrogen (secondary N) is 1. The van der Waals surface area contributed by atoms with E-state index in [1.165, 1.54) is 5.56 Å². The van der Waals surface area contributed by atoms with Crippen molar-refractivity contribution in [2.45, 2.75) is 26.3 Å². The van der Waals surface area contributed by atoms with Crippen molar-refractivity contribution < 1.29 is 9.15 Å². The molecule has 0 aliphatic carbocycles. The molecule has 2 aromatic rings. The van der Waals surface area contributed by atoms with Gasteiger partial charge in [-0.1, -0.05) is 19.1 Å². The lowest BCUT2D eigenvalue weighted by Crippen LogP contribution is -2.25. The molecule has 19 heavy (non-hydrogen) atoms. The molecule has 1 aromatic carbocycles. The van der Waals surface area contributed by atoms with E-state index in [-0.39, 0.29) is 6.04 Å². The van der Waals surface area contributed by atoms with Crippen LogP contribution in [-0.2, 0) is 0 Å². The van der Waals surface area contributed by atoms with Gasteiger partial charge >= 0.3 is 0 Å². The molecule has 0 aliphatic heterocycles. The van der Waals surface area contributed by atoms with Crippen LogP contribution in [0.4, 0.5) is 0 Å². The molecular weight excluding hydrogens is 238 g/mol. The smallest absolute Gasteiger partial charge is 0.120 e. The van der Waals surface area contributed by atoms with Crippen molar-refractivity contribution in [3.8, 4) is 5.75 Å². The van der Waals surface area contributed by atoms with E-state index in [0.29, 0.717) is 6.61 Å². The minimum Gasteiger partial charge on any atom is -0.492 e. The van der Waals surface area contributed by atoms with Gasteiger partial charge in [-0.3, -0.25) is 0 Å². The van der Waals surface area contributed by atoms with Gasteiger partial charge < -0.3 is 14.5 Å². The SMILES string of the molecule is CCC(NCCOc1cccc(C)c1)c1ccco1. The largest absolute Gasteiger partial charge is 0.492 e. The molecule has 1 heterocycles. The van der Waals surface area contributed by atoms with Gasteiger partial charge in [0.25, 0.3) is 0 Å². The number of furan rings is 1. The van der Waals surface area contributed by atoms with Crippen molar-refractivity contribution in [1.82, 2.24) is 5.32 Å². The third-order valence-electron chi connectivity index (χ3n) is 3.05. The fourth-order valence-electron chi connectivity index (χ4n) is 2.04. The number of benzene rings is 1. The van der Waals surface area contributed by atoms with Crippen molar-refractivity contribution in [3.63, 3.8) is 0 Å². The quantitative estimate of drug-likeness (QED) is 0.770. The van der Waals surface area contributed by atoms with Crippen LogP contribution in [0.25, 0.3) is 0 Å². The molecule has 0 bridgehead atoms. The first kappa shape index (κ1) is 13.7. The number of hydrogen-bond donors (Lipinski definition) is 1. The fraction of sp³-hybridized carbons (Fsp3) is 0.375. The van der Waals surface area contributed by atoms with E-state index >= 15 is 0 Å². The summed E-state index contributed by atoms with van der Waals surface area (Å²) in [6.07, 6.45) is 2.71. The van der Waals surface area contributed by atoms with Crippen molar-refractivity contribution in [3.05, 3.63) is 54.0 Å². The lowest BCUT2D eigenvalue weighted by atomic mass is 10.2. The summed E-state index contributed by atoms with van der Waals surface area (Å²) in [6.45, 7) is 5.66. The minimum absolute atomic E-state index is 0.260. The van der Waals surface area contributed by atoms with Crippen LogP contribution in [0.2, 0.25) is 0 Å². The molecule has 2 rings (SSSR count). The summed E-state index contributed by atoms with van der Waals surface area (Å²) < 4.78 is 11.1. The topological polar surface area (TPSA) is 34.4 Å². The molecule has 102 valence electrons. The third kappa shape index (κ3) is 4.14. The second kappa shape index (κ2) is 7.00. The van der Waals surface area contributed by atoms with Gasteiger partial charge in [-0.25, -0.2) is 0 Å². The average molecular weight is 259 g/mol. The molecule has 3 heteroatoms. The zero-order chi connectivity index (χ0) is 13.5. The molecule has 0 saturated carbocycles. The monoisotopic (exact) mass is 259 g/mol. The van der Waals surface area contributed by atoms with Crippen molar-refractivity contribution in [2.75, 3.05) is 13.2 Å². The lowest BCUT2D eigenvalue weighted by Gasteiger charge is -2.15. The van der Waals surface area contributed by atoms with E-state index in [1.807, 2.05) is 30.3 Å². The molecule has 0 spiro atoms. The number of ether oxygens (including phenoxy) is 1. The van der Waals surface area contributed by atoms with Crippen LogP contribution in [-0.4, -0.2) is 13.2 Å². The number of rotatable bonds is 7. The highest BCUT2D eigenvalue weighted by molar-refractivity contribution is 5.27. The Morgan fingerprint density at radius 3 is 2.84 bits per heavy atom. The van der Waals surface area contributed by atoms with Gasteiger partial charge in [0.2, 0.25) is 0 Å². The molecule has 3 nitrogen and oxygen atoms in total. The Morgan fingerprint density at radius 2 is 2.16 bits per heavy atom. The first-order valence-corrected chi connectivity index (χ1v) is 6.76. The molecule has 0 aliphatic rings. The van der Waals surface area contributed by atoms with Crippen molar-refractivity contribution >= 4 is 0 Å². The van der Waals surface area contributed by atoms with E-state index in [4.69, 9.17) is 9.15 Å². The summed E-state index contributed by atoms with van der Waals surface area (Å²) in [5.74, 6) is 1.91. The Morgan fingerprint density at radius 1 is 1.26 bits per heavy atom. The summed E-state index contributed by atoms with van der Waals surface area (Å²) in [7, 11) is 0. The third-order valence-corrected chi connectivity index (χ3v) is 3.05. The average Bonchev–Trinajstić information content (AvgIpc) is 2.93. The van der Waals surface area contributed by atoms with Gasteiger partial charge in [-0.2, -0.15) is 0 Å². The molecule has 1 aromatic heterocycles. The summed E-state index contributed by atoms with van der Waals surface area (Å²) in [4.78, 5) is 0. The fourth-order valence-corrected chi connectivity index (χ4v) is 2.04. The lowest BCUT2D eigenvalue weighted by molar-refractivity contribution is 0.296. The van der Waals surface area contributed by atoms with Gasteiger partial charge in [0.1, 0.15) is 18.1 Å². The predicted octanol–water partition coefficient (Wildman–Crippen LogP) is 3.71. The maximum atomic E-state index is 5.71. The van der Waals surface area contributed by atoms with E-state index in [9.17, 15) is 0 Å². The van der Waals surface area contributed by atoms with E-state index < -0.39 is 0 Å². The van der Waals surface area contributed by atoms with Gasteiger partial charge in [0, 0.05) is 6.54 Å². The molecule has 0 saturated heterocycles. The molecular formula is C16H21NO2. The minimum atomic E-state index is 0.260. The Hall–Kier alpha value is -1.74.